The lowest BCUT2D eigenvalue weighted by atomic mass is 10.1. The van der Waals surface area contributed by atoms with Crippen molar-refractivity contribution >= 4 is 34.4 Å². The lowest BCUT2D eigenvalue weighted by Crippen LogP contribution is -2.23. The van der Waals surface area contributed by atoms with E-state index in [1.54, 1.807) is 0 Å². The topological polar surface area (TPSA) is 124 Å². The van der Waals surface area contributed by atoms with Crippen LogP contribution in [-0.2, 0) is 6.54 Å². The Morgan fingerprint density at radius 3 is 2.88 bits per heavy atom. The molecule has 0 atom stereocenters. The van der Waals surface area contributed by atoms with Crippen LogP contribution in [0.15, 0.2) is 22.7 Å². The van der Waals surface area contributed by atoms with Crippen molar-refractivity contribution in [3.8, 4) is 0 Å². The molecule has 4 rings (SSSR count). The molecule has 26 heavy (non-hydrogen) atoms. The van der Waals surface area contributed by atoms with Crippen LogP contribution < -0.4 is 5.32 Å². The molecule has 1 fully saturated rings. The van der Waals surface area contributed by atoms with Crippen molar-refractivity contribution in [1.29, 1.82) is 0 Å². The van der Waals surface area contributed by atoms with E-state index in [1.807, 2.05) is 6.07 Å². The van der Waals surface area contributed by atoms with Gasteiger partial charge in [0.2, 0.25) is 0 Å². The number of non-ortho nitro benzene ring substituents is 1. The maximum Gasteiger partial charge on any atom is 0.299 e. The standard InChI is InChI=1S/C16H15N5O4S/c22-16(10-5-12-15(20-26-19-12)13(6-10)21(23)24)17-8-11-7-14(25-18-11)9-3-1-2-4-9/h5-7,9H,1-4,8H2,(H,17,22). The van der Waals surface area contributed by atoms with Crippen molar-refractivity contribution in [2.24, 2.45) is 0 Å². The number of hydrogen-bond donors (Lipinski definition) is 1. The van der Waals surface area contributed by atoms with E-state index in [9.17, 15) is 14.9 Å². The number of hydrogen-bond acceptors (Lipinski definition) is 8. The van der Waals surface area contributed by atoms with E-state index >= 15 is 0 Å². The predicted octanol–water partition coefficient (Wildman–Crippen LogP) is 3.18. The number of nitrogens with one attached hydrogen (secondary N) is 1. The van der Waals surface area contributed by atoms with Crippen LogP contribution in [0.4, 0.5) is 5.69 Å². The lowest BCUT2D eigenvalue weighted by molar-refractivity contribution is -0.383. The van der Waals surface area contributed by atoms with E-state index in [0.717, 1.165) is 30.3 Å². The Labute approximate surface area is 151 Å². The van der Waals surface area contributed by atoms with Crippen molar-refractivity contribution in [3.63, 3.8) is 0 Å². The van der Waals surface area contributed by atoms with Crippen molar-refractivity contribution in [3.05, 3.63) is 45.3 Å². The van der Waals surface area contributed by atoms with Crippen LogP contribution in [0.2, 0.25) is 0 Å². The molecule has 0 unspecified atom stereocenters. The van der Waals surface area contributed by atoms with Gasteiger partial charge in [-0.25, -0.2) is 0 Å². The fourth-order valence-corrected chi connectivity index (χ4v) is 3.77. The van der Waals surface area contributed by atoms with Gasteiger partial charge in [0, 0.05) is 23.6 Å². The van der Waals surface area contributed by atoms with Gasteiger partial charge in [-0.1, -0.05) is 18.0 Å². The quantitative estimate of drug-likeness (QED) is 0.538. The molecule has 1 N–H and O–H groups in total. The minimum absolute atomic E-state index is 0.163. The summed E-state index contributed by atoms with van der Waals surface area (Å²) in [6.45, 7) is 0.191. The highest BCUT2D eigenvalue weighted by Gasteiger charge is 2.22. The first-order chi connectivity index (χ1) is 12.6. The zero-order chi connectivity index (χ0) is 18.1. The first kappa shape index (κ1) is 16.6. The highest BCUT2D eigenvalue weighted by Crippen LogP contribution is 2.34. The van der Waals surface area contributed by atoms with Crippen LogP contribution >= 0.6 is 11.7 Å². The molecule has 0 bridgehead atoms. The molecule has 2 heterocycles. The maximum atomic E-state index is 12.4. The highest BCUT2D eigenvalue weighted by molar-refractivity contribution is 7.00. The Kier molecular flexibility index (Phi) is 4.33. The largest absolute Gasteiger partial charge is 0.361 e. The monoisotopic (exact) mass is 373 g/mol. The third kappa shape index (κ3) is 3.15. The van der Waals surface area contributed by atoms with Crippen molar-refractivity contribution in [2.75, 3.05) is 0 Å². The van der Waals surface area contributed by atoms with E-state index in [4.69, 9.17) is 4.52 Å². The van der Waals surface area contributed by atoms with Gasteiger partial charge in [0.15, 0.2) is 5.52 Å². The first-order valence-corrected chi connectivity index (χ1v) is 8.99. The second-order valence-electron chi connectivity index (χ2n) is 6.27. The number of benzene rings is 1. The molecule has 1 aromatic carbocycles. The van der Waals surface area contributed by atoms with Crippen molar-refractivity contribution in [1.82, 2.24) is 19.2 Å². The van der Waals surface area contributed by atoms with Gasteiger partial charge < -0.3 is 9.84 Å². The van der Waals surface area contributed by atoms with Crippen molar-refractivity contribution < 1.29 is 14.2 Å². The summed E-state index contributed by atoms with van der Waals surface area (Å²) in [5, 5.41) is 17.9. The van der Waals surface area contributed by atoms with Gasteiger partial charge in [-0.2, -0.15) is 8.75 Å². The third-order valence-electron chi connectivity index (χ3n) is 4.56. The Balaban J connectivity index is 1.48. The molecule has 9 nitrogen and oxygen atoms in total. The molecule has 10 heteroatoms. The molecular formula is C16H15N5O4S. The SMILES string of the molecule is O=C(NCc1cc(C2CCCC2)on1)c1cc([N+](=O)[O-])c2nsnc2c1. The van der Waals surface area contributed by atoms with Gasteiger partial charge in [-0.05, 0) is 18.9 Å². The summed E-state index contributed by atoms with van der Waals surface area (Å²) < 4.78 is 13.3. The smallest absolute Gasteiger partial charge is 0.299 e. The molecular weight excluding hydrogens is 358 g/mol. The summed E-state index contributed by atoms with van der Waals surface area (Å²) in [5.41, 5.74) is 1.09. The lowest BCUT2D eigenvalue weighted by Gasteiger charge is -2.03. The van der Waals surface area contributed by atoms with Gasteiger partial charge in [-0.3, -0.25) is 14.9 Å². The summed E-state index contributed by atoms with van der Waals surface area (Å²) in [6.07, 6.45) is 4.60. The van der Waals surface area contributed by atoms with Crippen molar-refractivity contribution in [2.45, 2.75) is 38.1 Å². The van der Waals surface area contributed by atoms with Gasteiger partial charge in [0.25, 0.3) is 11.6 Å². The molecule has 0 aliphatic heterocycles. The second kappa shape index (κ2) is 6.79. The molecule has 1 amide bonds. The molecule has 0 saturated heterocycles. The fourth-order valence-electron chi connectivity index (χ4n) is 3.23. The molecule has 1 saturated carbocycles. The average molecular weight is 373 g/mol. The van der Waals surface area contributed by atoms with E-state index in [1.165, 1.54) is 25.0 Å². The van der Waals surface area contributed by atoms with Gasteiger partial charge >= 0.3 is 0 Å². The number of carbonyl (C=O) groups is 1. The summed E-state index contributed by atoms with van der Waals surface area (Å²) in [4.78, 5) is 23.0. The van der Waals surface area contributed by atoms with Gasteiger partial charge in [-0.15, -0.1) is 0 Å². The number of nitro groups is 1. The second-order valence-corrected chi connectivity index (χ2v) is 6.80. The first-order valence-electron chi connectivity index (χ1n) is 8.26. The zero-order valence-electron chi connectivity index (χ0n) is 13.7. The van der Waals surface area contributed by atoms with Gasteiger partial charge in [0.1, 0.15) is 17.0 Å². The van der Waals surface area contributed by atoms with E-state index in [0.29, 0.717) is 17.1 Å². The third-order valence-corrected chi connectivity index (χ3v) is 5.11. The molecule has 3 aromatic rings. The number of amides is 1. The number of nitro benzene ring substituents is 1. The zero-order valence-corrected chi connectivity index (χ0v) is 14.5. The van der Waals surface area contributed by atoms with Crippen LogP contribution in [0.3, 0.4) is 0 Å². The predicted molar refractivity (Wildman–Crippen MR) is 93.0 cm³/mol. The normalized spacial score (nSPS) is 14.8. The minimum atomic E-state index is -0.563. The summed E-state index contributed by atoms with van der Waals surface area (Å²) in [7, 11) is 0. The Hall–Kier alpha value is -2.88. The minimum Gasteiger partial charge on any atom is -0.361 e. The summed E-state index contributed by atoms with van der Waals surface area (Å²) >= 11 is 0.871. The van der Waals surface area contributed by atoms with Gasteiger partial charge in [0.05, 0.1) is 23.2 Å². The molecule has 134 valence electrons. The fraction of sp³-hybridized carbons (Fsp3) is 0.375. The Bertz CT molecular complexity index is 976. The molecule has 0 spiro atoms. The van der Waals surface area contributed by atoms with E-state index < -0.39 is 10.8 Å². The number of nitrogens with zero attached hydrogens (tertiary/aromatic N) is 4. The summed E-state index contributed by atoms with van der Waals surface area (Å²) in [5.74, 6) is 0.833. The molecule has 0 radical (unpaired) electrons. The molecule has 1 aliphatic carbocycles. The maximum absolute atomic E-state index is 12.4. The number of aromatic nitrogens is 3. The molecule has 1 aliphatic rings. The summed E-state index contributed by atoms with van der Waals surface area (Å²) in [6, 6.07) is 4.58. The molecule has 2 aromatic heterocycles. The average Bonchev–Trinajstić information content (AvgIpc) is 3.39. The number of rotatable bonds is 5. The van der Waals surface area contributed by atoms with Crippen LogP contribution in [0.5, 0.6) is 0 Å². The van der Waals surface area contributed by atoms with Crippen LogP contribution in [-0.4, -0.2) is 24.7 Å². The van der Waals surface area contributed by atoms with E-state index in [-0.39, 0.29) is 23.3 Å². The highest BCUT2D eigenvalue weighted by atomic mass is 32.1. The Morgan fingerprint density at radius 2 is 2.12 bits per heavy atom. The van der Waals surface area contributed by atoms with Crippen LogP contribution in [0, 0.1) is 10.1 Å². The number of fused-ring (bicyclic) bond motifs is 1. The Morgan fingerprint density at radius 1 is 1.31 bits per heavy atom. The van der Waals surface area contributed by atoms with E-state index in [2.05, 4.69) is 19.2 Å². The van der Waals surface area contributed by atoms with Crippen LogP contribution in [0.25, 0.3) is 11.0 Å². The van der Waals surface area contributed by atoms with Crippen LogP contribution in [0.1, 0.15) is 53.4 Å². The number of carbonyl (C=O) groups excluding carboxylic acids is 1.